The second-order valence-corrected chi connectivity index (χ2v) is 8.04. The average molecular weight is 471 g/mol. The van der Waals surface area contributed by atoms with E-state index in [0.29, 0.717) is 19.2 Å². The van der Waals surface area contributed by atoms with Crippen LogP contribution < -0.4 is 15.5 Å². The molecule has 13 heteroatoms. The molecule has 0 bridgehead atoms. The van der Waals surface area contributed by atoms with Crippen molar-refractivity contribution in [3.05, 3.63) is 47.5 Å². The molecule has 176 valence electrons. The molecule has 0 saturated carbocycles. The lowest BCUT2D eigenvalue weighted by Crippen LogP contribution is -2.60. The van der Waals surface area contributed by atoms with Crippen LogP contribution in [-0.2, 0) is 5.79 Å². The molecule has 3 heterocycles. The van der Waals surface area contributed by atoms with E-state index in [1.165, 1.54) is 17.7 Å². The fraction of sp³-hybridized carbons (Fsp3) is 0.350. The van der Waals surface area contributed by atoms with Gasteiger partial charge in [0.05, 0.1) is 36.8 Å². The minimum atomic E-state index is -3.85. The minimum Gasteiger partial charge on any atom is -0.452 e. The van der Waals surface area contributed by atoms with Gasteiger partial charge >= 0.3 is 11.8 Å². The van der Waals surface area contributed by atoms with Gasteiger partial charge in [0.25, 0.3) is 6.43 Å². The summed E-state index contributed by atoms with van der Waals surface area (Å²) in [6.07, 6.45) is -1.47. The van der Waals surface area contributed by atoms with E-state index in [2.05, 4.69) is 15.3 Å². The Labute approximate surface area is 183 Å². The van der Waals surface area contributed by atoms with E-state index >= 15 is 4.39 Å². The Hall–Kier alpha value is -3.48. The zero-order valence-electron chi connectivity index (χ0n) is 17.3. The number of nitrogens with zero attached hydrogens (tertiary/aromatic N) is 3. The summed E-state index contributed by atoms with van der Waals surface area (Å²) in [6.45, 7) is 3.39. The standard InChI is InChI=1S/C20H18F5N5O3/c1-9-12-3-10(21)4-13(22)14(12)33-15(9)20(25,16(23)24)29-18(31)28-11-5-26-17(27-6-11)30-7-19(2,32)8-30/h3-6,16,32H,7-8H2,1-2H3,(H2,28,29,31). The van der Waals surface area contributed by atoms with Crippen molar-refractivity contribution in [3.8, 4) is 0 Å². The summed E-state index contributed by atoms with van der Waals surface area (Å²) in [7, 11) is 0. The van der Waals surface area contributed by atoms with Gasteiger partial charge in [-0.2, -0.15) is 0 Å². The largest absolute Gasteiger partial charge is 0.452 e. The number of alkyl halides is 3. The highest BCUT2D eigenvalue weighted by molar-refractivity contribution is 5.90. The first kappa shape index (κ1) is 22.7. The van der Waals surface area contributed by atoms with Crippen molar-refractivity contribution in [2.45, 2.75) is 31.7 Å². The molecule has 4 rings (SSSR count). The number of aryl methyl sites for hydroxylation is 1. The van der Waals surface area contributed by atoms with Crippen molar-refractivity contribution >= 4 is 28.6 Å². The fourth-order valence-corrected chi connectivity index (χ4v) is 3.60. The number of β-amino-alcohol motifs (C(OH)–C–C–N with tert-alkyl or cyclic N) is 1. The summed E-state index contributed by atoms with van der Waals surface area (Å²) in [4.78, 5) is 21.9. The van der Waals surface area contributed by atoms with E-state index < -0.39 is 46.8 Å². The van der Waals surface area contributed by atoms with Crippen LogP contribution in [0.15, 0.2) is 28.9 Å². The van der Waals surface area contributed by atoms with Crippen LogP contribution in [0.2, 0.25) is 0 Å². The number of carbonyl (C=O) groups excluding carboxylic acids is 1. The summed E-state index contributed by atoms with van der Waals surface area (Å²) in [5, 5.41) is 13.1. The van der Waals surface area contributed by atoms with Crippen LogP contribution in [0.5, 0.6) is 0 Å². The van der Waals surface area contributed by atoms with E-state index in [4.69, 9.17) is 4.42 Å². The highest BCUT2D eigenvalue weighted by Crippen LogP contribution is 2.39. The van der Waals surface area contributed by atoms with Crippen molar-refractivity contribution in [2.24, 2.45) is 0 Å². The summed E-state index contributed by atoms with van der Waals surface area (Å²) >= 11 is 0. The maximum Gasteiger partial charge on any atom is 0.322 e. The monoisotopic (exact) mass is 471 g/mol. The molecule has 1 fully saturated rings. The van der Waals surface area contributed by atoms with Crippen molar-refractivity contribution in [2.75, 3.05) is 23.3 Å². The molecule has 1 aliphatic heterocycles. The number of nitrogens with one attached hydrogen (secondary N) is 2. The average Bonchev–Trinajstić information content (AvgIpc) is 3.04. The zero-order chi connectivity index (χ0) is 24.1. The molecular weight excluding hydrogens is 453 g/mol. The van der Waals surface area contributed by atoms with Gasteiger partial charge in [0.2, 0.25) is 5.95 Å². The van der Waals surface area contributed by atoms with E-state index in [-0.39, 0.29) is 22.6 Å². The summed E-state index contributed by atoms with van der Waals surface area (Å²) in [5.74, 6) is -6.86. The van der Waals surface area contributed by atoms with Crippen LogP contribution in [0.3, 0.4) is 0 Å². The fourth-order valence-electron chi connectivity index (χ4n) is 3.60. The van der Waals surface area contributed by atoms with Crippen molar-refractivity contribution in [1.82, 2.24) is 15.3 Å². The lowest BCUT2D eigenvalue weighted by atomic mass is 9.98. The first-order valence-electron chi connectivity index (χ1n) is 9.64. The first-order chi connectivity index (χ1) is 15.4. The zero-order valence-corrected chi connectivity index (χ0v) is 17.3. The Kier molecular flexibility index (Phi) is 5.39. The molecule has 8 nitrogen and oxygen atoms in total. The number of hydrogen-bond acceptors (Lipinski definition) is 6. The van der Waals surface area contributed by atoms with Gasteiger partial charge in [0.15, 0.2) is 17.2 Å². The van der Waals surface area contributed by atoms with Gasteiger partial charge in [0.1, 0.15) is 5.82 Å². The smallest absolute Gasteiger partial charge is 0.322 e. The van der Waals surface area contributed by atoms with Gasteiger partial charge in [-0.3, -0.25) is 5.32 Å². The Bertz CT molecular complexity index is 1210. The number of halogens is 5. The lowest BCUT2D eigenvalue weighted by Gasteiger charge is -2.44. The Balaban J connectivity index is 1.53. The number of aromatic nitrogens is 2. The first-order valence-corrected chi connectivity index (χ1v) is 9.64. The highest BCUT2D eigenvalue weighted by Gasteiger charge is 2.49. The predicted molar refractivity (Wildman–Crippen MR) is 107 cm³/mol. The van der Waals surface area contributed by atoms with Crippen LogP contribution in [0.25, 0.3) is 11.0 Å². The van der Waals surface area contributed by atoms with Crippen LogP contribution in [0.4, 0.5) is 38.4 Å². The molecule has 1 unspecified atom stereocenters. The van der Waals surface area contributed by atoms with Crippen LogP contribution >= 0.6 is 0 Å². The molecule has 3 N–H and O–H groups in total. The number of furan rings is 1. The van der Waals surface area contributed by atoms with Crippen molar-refractivity contribution < 1.29 is 36.3 Å². The van der Waals surface area contributed by atoms with Gasteiger partial charge in [-0.15, -0.1) is 0 Å². The highest BCUT2D eigenvalue weighted by atomic mass is 19.3. The number of rotatable bonds is 5. The number of fused-ring (bicyclic) bond motifs is 1. The molecule has 0 aliphatic carbocycles. The third-order valence-electron chi connectivity index (χ3n) is 5.13. The number of benzene rings is 1. The summed E-state index contributed by atoms with van der Waals surface area (Å²) in [5.41, 5.74) is -1.81. The van der Waals surface area contributed by atoms with Gasteiger partial charge in [-0.1, -0.05) is 0 Å². The quantitative estimate of drug-likeness (QED) is 0.388. The van der Waals surface area contributed by atoms with Crippen molar-refractivity contribution in [3.63, 3.8) is 0 Å². The Morgan fingerprint density at radius 1 is 1.27 bits per heavy atom. The molecule has 1 aliphatic rings. The molecule has 2 amide bonds. The molecule has 33 heavy (non-hydrogen) atoms. The molecular formula is C20H18F5N5O3. The summed E-state index contributed by atoms with van der Waals surface area (Å²) in [6, 6.07) is -0.113. The van der Waals surface area contributed by atoms with Gasteiger partial charge < -0.3 is 19.7 Å². The lowest BCUT2D eigenvalue weighted by molar-refractivity contribution is -0.0664. The van der Waals surface area contributed by atoms with Crippen molar-refractivity contribution in [1.29, 1.82) is 0 Å². The predicted octanol–water partition coefficient (Wildman–Crippen LogP) is 3.59. The number of hydrogen-bond donors (Lipinski definition) is 3. The Morgan fingerprint density at radius 3 is 2.48 bits per heavy atom. The third-order valence-corrected chi connectivity index (χ3v) is 5.13. The normalized spacial score (nSPS) is 17.1. The number of aliphatic hydroxyl groups is 1. The number of anilines is 2. The third kappa shape index (κ3) is 4.15. The molecule has 2 aromatic heterocycles. The van der Waals surface area contributed by atoms with Crippen LogP contribution in [-0.4, -0.2) is 46.2 Å². The molecule has 0 radical (unpaired) electrons. The molecule has 1 atom stereocenters. The SMILES string of the molecule is Cc1c(C(F)(NC(=O)Nc2cnc(N3CC(C)(O)C3)nc2)C(F)F)oc2c(F)cc(F)cc12. The van der Waals surface area contributed by atoms with Gasteiger partial charge in [-0.25, -0.2) is 36.7 Å². The molecule has 1 saturated heterocycles. The summed E-state index contributed by atoms with van der Waals surface area (Å²) < 4.78 is 75.2. The van der Waals surface area contributed by atoms with E-state index in [0.717, 1.165) is 13.0 Å². The second-order valence-electron chi connectivity index (χ2n) is 8.04. The molecule has 3 aromatic rings. The maximum absolute atomic E-state index is 15.3. The minimum absolute atomic E-state index is 0.0328. The van der Waals surface area contributed by atoms with E-state index in [9.17, 15) is 27.5 Å². The van der Waals surface area contributed by atoms with Gasteiger partial charge in [0, 0.05) is 17.0 Å². The van der Waals surface area contributed by atoms with E-state index in [1.54, 1.807) is 11.8 Å². The van der Waals surface area contributed by atoms with Crippen LogP contribution in [0, 0.1) is 18.6 Å². The van der Waals surface area contributed by atoms with E-state index in [1.807, 2.05) is 0 Å². The second kappa shape index (κ2) is 7.83. The van der Waals surface area contributed by atoms with Crippen LogP contribution in [0.1, 0.15) is 18.2 Å². The number of carbonyl (C=O) groups is 1. The maximum atomic E-state index is 15.3. The molecule has 1 aromatic carbocycles. The van der Waals surface area contributed by atoms with Gasteiger partial charge in [-0.05, 0) is 19.9 Å². The topological polar surface area (TPSA) is 104 Å². The Morgan fingerprint density at radius 2 is 1.91 bits per heavy atom. The molecule has 0 spiro atoms. The number of urea groups is 1. The number of amides is 2.